The van der Waals surface area contributed by atoms with Crippen molar-refractivity contribution in [3.05, 3.63) is 52.3 Å². The highest BCUT2D eigenvalue weighted by molar-refractivity contribution is 8.23. The van der Waals surface area contributed by atoms with Gasteiger partial charge in [-0.3, -0.25) is 4.79 Å². The molecule has 0 N–H and O–H groups in total. The number of carbonyl (C=O) groups excluding carboxylic acids is 1. The average Bonchev–Trinajstić information content (AvgIpc) is 2.86. The normalized spacial score (nSPS) is 18.4. The van der Waals surface area contributed by atoms with E-state index in [1.54, 1.807) is 11.8 Å². The molecule has 1 heterocycles. The van der Waals surface area contributed by atoms with E-state index in [4.69, 9.17) is 0 Å². The molecule has 5 heteroatoms. The van der Waals surface area contributed by atoms with Crippen molar-refractivity contribution >= 4 is 52.2 Å². The first-order chi connectivity index (χ1) is 9.63. The molecular weight excluding hydrogens is 324 g/mol. The summed E-state index contributed by atoms with van der Waals surface area (Å²) in [4.78, 5) is 15.2. The number of hydrogen-bond donors (Lipinski definition) is 0. The lowest BCUT2D eigenvalue weighted by atomic mass is 10.2. The van der Waals surface area contributed by atoms with Gasteiger partial charge < -0.3 is 0 Å². The third kappa shape index (κ3) is 4.13. The first kappa shape index (κ1) is 16.1. The smallest absolute Gasteiger partial charge is 0.211 e. The van der Waals surface area contributed by atoms with Crippen molar-refractivity contribution in [1.82, 2.24) is 0 Å². The topological polar surface area (TPSA) is 17.1 Å². The fourth-order valence-electron chi connectivity index (χ4n) is 1.69. The Balaban J connectivity index is 1.98. The van der Waals surface area contributed by atoms with Gasteiger partial charge in [0.25, 0.3) is 0 Å². The molecule has 0 radical (unpaired) electrons. The summed E-state index contributed by atoms with van der Waals surface area (Å²) in [6, 6.07) is 8.75. The SMILES string of the molecule is C=CC(=O)SCC1=C(C)SC(c2ccc(SC)cc2)S1. The summed E-state index contributed by atoms with van der Waals surface area (Å²) in [6.45, 7) is 5.64. The molecule has 0 saturated heterocycles. The molecule has 1 aromatic carbocycles. The Hall–Kier alpha value is -0.230. The fraction of sp³-hybridized carbons (Fsp3) is 0.267. The van der Waals surface area contributed by atoms with E-state index < -0.39 is 0 Å². The standard InChI is InChI=1S/C15H16OS4/c1-4-14(16)18-9-13-10(2)19-15(20-13)11-5-7-12(17-3)8-6-11/h4-8,15H,1,9H2,2-3H3. The monoisotopic (exact) mass is 340 g/mol. The summed E-state index contributed by atoms with van der Waals surface area (Å²) in [5.74, 6) is 0.758. The molecule has 1 aromatic rings. The molecule has 0 aliphatic carbocycles. The number of benzene rings is 1. The Morgan fingerprint density at radius 2 is 2.05 bits per heavy atom. The van der Waals surface area contributed by atoms with Crippen molar-refractivity contribution in [2.24, 2.45) is 0 Å². The predicted molar refractivity (Wildman–Crippen MR) is 96.5 cm³/mol. The summed E-state index contributed by atoms with van der Waals surface area (Å²) >= 11 is 6.84. The van der Waals surface area contributed by atoms with Crippen LogP contribution >= 0.6 is 47.0 Å². The van der Waals surface area contributed by atoms with Gasteiger partial charge in [-0.2, -0.15) is 0 Å². The van der Waals surface area contributed by atoms with Crippen LogP contribution in [0.2, 0.25) is 0 Å². The van der Waals surface area contributed by atoms with Gasteiger partial charge in [0.2, 0.25) is 5.12 Å². The molecule has 0 amide bonds. The van der Waals surface area contributed by atoms with E-state index in [0.717, 1.165) is 5.75 Å². The van der Waals surface area contributed by atoms with Gasteiger partial charge in [-0.1, -0.05) is 30.5 Å². The van der Waals surface area contributed by atoms with Gasteiger partial charge in [-0.05, 0) is 41.9 Å². The van der Waals surface area contributed by atoms with Crippen molar-refractivity contribution in [2.45, 2.75) is 16.4 Å². The van der Waals surface area contributed by atoms with Crippen LogP contribution in [0.15, 0.2) is 51.6 Å². The Bertz CT molecular complexity index is 533. The quantitative estimate of drug-likeness (QED) is 0.513. The van der Waals surface area contributed by atoms with Crippen LogP contribution in [0.5, 0.6) is 0 Å². The molecule has 20 heavy (non-hydrogen) atoms. The van der Waals surface area contributed by atoms with Crippen molar-refractivity contribution in [3.8, 4) is 0 Å². The van der Waals surface area contributed by atoms with Crippen LogP contribution in [-0.2, 0) is 4.79 Å². The van der Waals surface area contributed by atoms with Crippen molar-refractivity contribution < 1.29 is 4.79 Å². The van der Waals surface area contributed by atoms with E-state index in [-0.39, 0.29) is 5.12 Å². The van der Waals surface area contributed by atoms with Crippen molar-refractivity contribution in [3.63, 3.8) is 0 Å². The van der Waals surface area contributed by atoms with E-state index in [2.05, 4.69) is 44.0 Å². The zero-order valence-electron chi connectivity index (χ0n) is 11.4. The molecule has 0 spiro atoms. The van der Waals surface area contributed by atoms with Gasteiger partial charge in [0, 0.05) is 15.6 Å². The number of hydrogen-bond acceptors (Lipinski definition) is 5. The molecule has 1 atom stereocenters. The second-order valence-electron chi connectivity index (χ2n) is 4.13. The summed E-state index contributed by atoms with van der Waals surface area (Å²) < 4.78 is 0.417. The second-order valence-corrected chi connectivity index (χ2v) is 8.81. The predicted octanol–water partition coefficient (Wildman–Crippen LogP) is 5.56. The van der Waals surface area contributed by atoms with E-state index >= 15 is 0 Å². The molecule has 1 nitrogen and oxygen atoms in total. The molecule has 1 aliphatic heterocycles. The van der Waals surface area contributed by atoms with Crippen LogP contribution in [0.25, 0.3) is 0 Å². The lowest BCUT2D eigenvalue weighted by Crippen LogP contribution is -1.89. The van der Waals surface area contributed by atoms with Gasteiger partial charge in [0.05, 0.1) is 4.58 Å². The lowest BCUT2D eigenvalue weighted by molar-refractivity contribution is -0.107. The first-order valence-corrected chi connectivity index (χ1v) is 10.1. The zero-order valence-corrected chi connectivity index (χ0v) is 14.7. The molecule has 0 saturated carbocycles. The molecule has 0 bridgehead atoms. The highest BCUT2D eigenvalue weighted by atomic mass is 32.2. The Kier molecular flexibility index (Phi) is 6.20. The average molecular weight is 341 g/mol. The summed E-state index contributed by atoms with van der Waals surface area (Å²) in [5.41, 5.74) is 1.34. The molecule has 1 aliphatic rings. The summed E-state index contributed by atoms with van der Waals surface area (Å²) in [6.07, 6.45) is 3.47. The van der Waals surface area contributed by atoms with Crippen LogP contribution < -0.4 is 0 Å². The zero-order chi connectivity index (χ0) is 14.5. The fourth-order valence-corrected chi connectivity index (χ4v) is 6.05. The van der Waals surface area contributed by atoms with E-state index in [1.807, 2.05) is 23.5 Å². The molecule has 0 aromatic heterocycles. The maximum atomic E-state index is 11.3. The van der Waals surface area contributed by atoms with Gasteiger partial charge in [0.1, 0.15) is 0 Å². The number of rotatable bonds is 5. The lowest BCUT2D eigenvalue weighted by Gasteiger charge is -2.10. The Morgan fingerprint density at radius 3 is 2.65 bits per heavy atom. The number of allylic oxidation sites excluding steroid dienone is 1. The summed E-state index contributed by atoms with van der Waals surface area (Å²) in [5, 5.41) is 0.0451. The molecular formula is C15H16OS4. The number of carbonyl (C=O) groups is 1. The van der Waals surface area contributed by atoms with E-state index in [1.165, 1.54) is 38.1 Å². The maximum Gasteiger partial charge on any atom is 0.211 e. The Labute approximate surface area is 137 Å². The maximum absolute atomic E-state index is 11.3. The minimum atomic E-state index is 0.0451. The van der Waals surface area contributed by atoms with Crippen LogP contribution in [0.4, 0.5) is 0 Å². The largest absolute Gasteiger partial charge is 0.282 e. The minimum Gasteiger partial charge on any atom is -0.282 e. The highest BCUT2D eigenvalue weighted by Crippen LogP contribution is 2.55. The van der Waals surface area contributed by atoms with Gasteiger partial charge in [0.15, 0.2) is 0 Å². The van der Waals surface area contributed by atoms with E-state index in [0.29, 0.717) is 4.58 Å². The Morgan fingerprint density at radius 1 is 1.35 bits per heavy atom. The van der Waals surface area contributed by atoms with Gasteiger partial charge >= 0.3 is 0 Å². The van der Waals surface area contributed by atoms with E-state index in [9.17, 15) is 4.79 Å². The molecule has 106 valence electrons. The minimum absolute atomic E-state index is 0.0451. The van der Waals surface area contributed by atoms with Crippen molar-refractivity contribution in [1.29, 1.82) is 0 Å². The third-order valence-electron chi connectivity index (χ3n) is 2.83. The molecule has 2 rings (SSSR count). The summed E-state index contributed by atoms with van der Waals surface area (Å²) in [7, 11) is 0. The van der Waals surface area contributed by atoms with Crippen LogP contribution in [-0.4, -0.2) is 17.1 Å². The van der Waals surface area contributed by atoms with Crippen LogP contribution in [0.1, 0.15) is 17.1 Å². The molecule has 0 fully saturated rings. The second kappa shape index (κ2) is 7.69. The number of thioether (sulfide) groups is 4. The third-order valence-corrected chi connectivity index (χ3v) is 7.65. The van der Waals surface area contributed by atoms with Crippen LogP contribution in [0.3, 0.4) is 0 Å². The van der Waals surface area contributed by atoms with Crippen LogP contribution in [0, 0.1) is 0 Å². The first-order valence-electron chi connectivity index (χ1n) is 6.10. The van der Waals surface area contributed by atoms with Crippen molar-refractivity contribution in [2.75, 3.05) is 12.0 Å². The highest BCUT2D eigenvalue weighted by Gasteiger charge is 2.25. The van der Waals surface area contributed by atoms with Gasteiger partial charge in [-0.15, -0.1) is 35.3 Å². The molecule has 1 unspecified atom stereocenters. The van der Waals surface area contributed by atoms with Gasteiger partial charge in [-0.25, -0.2) is 0 Å².